The Morgan fingerprint density at radius 3 is 1.13 bits per heavy atom. The molecule has 0 rings (SSSR count). The molecule has 1 N–H and O–H groups in total. The van der Waals surface area contributed by atoms with Gasteiger partial charge in [0.05, 0.1) is 0 Å². The minimum Gasteiger partial charge on any atom is -0.481 e. The van der Waals surface area contributed by atoms with Gasteiger partial charge in [-0.1, -0.05) is 129 Å². The standard InChI is InChI=1S/C27H54O2S/c1-2-3-4-5-6-7-8-9-10-11-13-16-19-22-25-30-26-23-20-17-14-12-15-18-21-24-27(28)29/h2-26H2,1H3,(H,28,29). The van der Waals surface area contributed by atoms with Crippen molar-refractivity contribution in [3.05, 3.63) is 0 Å². The van der Waals surface area contributed by atoms with Gasteiger partial charge in [-0.3, -0.25) is 4.79 Å². The summed E-state index contributed by atoms with van der Waals surface area (Å²) < 4.78 is 0. The summed E-state index contributed by atoms with van der Waals surface area (Å²) in [6, 6.07) is 0. The number of hydrogen-bond donors (Lipinski definition) is 1. The van der Waals surface area contributed by atoms with Crippen LogP contribution >= 0.6 is 11.8 Å². The predicted molar refractivity (Wildman–Crippen MR) is 137 cm³/mol. The summed E-state index contributed by atoms with van der Waals surface area (Å²) in [6.07, 6.45) is 30.5. The molecule has 0 saturated carbocycles. The number of carboxylic acid groups (broad SMARTS) is 1. The maximum atomic E-state index is 10.4. The fourth-order valence-corrected chi connectivity index (χ4v) is 5.06. The van der Waals surface area contributed by atoms with Gasteiger partial charge < -0.3 is 5.11 Å². The van der Waals surface area contributed by atoms with E-state index in [1.807, 2.05) is 0 Å². The summed E-state index contributed by atoms with van der Waals surface area (Å²) in [7, 11) is 0. The number of thioether (sulfide) groups is 1. The van der Waals surface area contributed by atoms with Crippen LogP contribution in [0.15, 0.2) is 0 Å². The second-order valence-electron chi connectivity index (χ2n) is 9.18. The van der Waals surface area contributed by atoms with Crippen molar-refractivity contribution in [2.24, 2.45) is 0 Å². The molecule has 0 radical (unpaired) electrons. The summed E-state index contributed by atoms with van der Waals surface area (Å²) in [5, 5.41) is 8.59. The molecule has 0 heterocycles. The average Bonchev–Trinajstić information content (AvgIpc) is 2.73. The summed E-state index contributed by atoms with van der Waals surface area (Å²) in [5.74, 6) is 2.06. The van der Waals surface area contributed by atoms with Gasteiger partial charge in [0.15, 0.2) is 0 Å². The number of rotatable bonds is 26. The Kier molecular flexibility index (Phi) is 26.7. The van der Waals surface area contributed by atoms with E-state index >= 15 is 0 Å². The lowest BCUT2D eigenvalue weighted by atomic mass is 10.0. The van der Waals surface area contributed by atoms with Crippen LogP contribution in [0.4, 0.5) is 0 Å². The Bertz CT molecular complexity index is 333. The highest BCUT2D eigenvalue weighted by Gasteiger charge is 1.97. The van der Waals surface area contributed by atoms with Crippen molar-refractivity contribution in [1.82, 2.24) is 0 Å². The smallest absolute Gasteiger partial charge is 0.303 e. The molecule has 0 saturated heterocycles. The minimum atomic E-state index is -0.651. The molecule has 0 fully saturated rings. The first kappa shape index (κ1) is 29.8. The molecule has 2 nitrogen and oxygen atoms in total. The quantitative estimate of drug-likeness (QED) is 0.135. The van der Waals surface area contributed by atoms with Gasteiger partial charge in [-0.2, -0.15) is 11.8 Å². The number of aliphatic carboxylic acids is 1. The molecule has 180 valence electrons. The molecule has 0 spiro atoms. The van der Waals surface area contributed by atoms with Crippen molar-refractivity contribution in [3.63, 3.8) is 0 Å². The van der Waals surface area contributed by atoms with E-state index in [1.54, 1.807) is 0 Å². The molecule has 0 amide bonds. The van der Waals surface area contributed by atoms with Crippen LogP contribution in [0.1, 0.15) is 155 Å². The highest BCUT2D eigenvalue weighted by Crippen LogP contribution is 2.15. The molecule has 0 aliphatic rings. The molecule has 0 aliphatic heterocycles. The third-order valence-electron chi connectivity index (χ3n) is 6.07. The average molecular weight is 443 g/mol. The minimum absolute atomic E-state index is 0.344. The Hall–Kier alpha value is -0.180. The zero-order chi connectivity index (χ0) is 22.0. The Morgan fingerprint density at radius 1 is 0.500 bits per heavy atom. The second kappa shape index (κ2) is 26.9. The van der Waals surface area contributed by atoms with E-state index in [0.29, 0.717) is 6.42 Å². The van der Waals surface area contributed by atoms with Gasteiger partial charge in [0, 0.05) is 6.42 Å². The van der Waals surface area contributed by atoms with Crippen LogP contribution in [0.2, 0.25) is 0 Å². The van der Waals surface area contributed by atoms with Crippen LogP contribution in [0.5, 0.6) is 0 Å². The molecule has 0 unspecified atom stereocenters. The molecule has 0 aromatic carbocycles. The van der Waals surface area contributed by atoms with E-state index in [0.717, 1.165) is 12.8 Å². The summed E-state index contributed by atoms with van der Waals surface area (Å²) in [5.41, 5.74) is 0. The second-order valence-corrected chi connectivity index (χ2v) is 10.4. The molecule has 0 aromatic rings. The zero-order valence-corrected chi connectivity index (χ0v) is 21.3. The van der Waals surface area contributed by atoms with Gasteiger partial charge in [0.2, 0.25) is 0 Å². The van der Waals surface area contributed by atoms with E-state index in [1.165, 1.54) is 140 Å². The van der Waals surface area contributed by atoms with E-state index in [2.05, 4.69) is 18.7 Å². The van der Waals surface area contributed by atoms with Crippen molar-refractivity contribution in [2.45, 2.75) is 155 Å². The van der Waals surface area contributed by atoms with E-state index < -0.39 is 5.97 Å². The van der Waals surface area contributed by atoms with Crippen molar-refractivity contribution < 1.29 is 9.90 Å². The van der Waals surface area contributed by atoms with E-state index in [-0.39, 0.29) is 0 Å². The Morgan fingerprint density at radius 2 is 0.800 bits per heavy atom. The summed E-state index contributed by atoms with van der Waals surface area (Å²) in [4.78, 5) is 10.4. The first-order chi connectivity index (χ1) is 14.8. The summed E-state index contributed by atoms with van der Waals surface area (Å²) >= 11 is 2.16. The highest BCUT2D eigenvalue weighted by molar-refractivity contribution is 7.99. The zero-order valence-electron chi connectivity index (χ0n) is 20.4. The van der Waals surface area contributed by atoms with Crippen LogP contribution in [0, 0.1) is 0 Å². The SMILES string of the molecule is CCCCCCCCCCCCCCCCSCCCCCCCCCCC(=O)O. The first-order valence-corrected chi connectivity index (χ1v) is 14.7. The first-order valence-electron chi connectivity index (χ1n) is 13.6. The number of carboxylic acids is 1. The Labute approximate surface area is 193 Å². The Balaban J connectivity index is 2.99. The van der Waals surface area contributed by atoms with Crippen LogP contribution in [-0.4, -0.2) is 22.6 Å². The lowest BCUT2D eigenvalue weighted by molar-refractivity contribution is -0.137. The van der Waals surface area contributed by atoms with Gasteiger partial charge in [-0.15, -0.1) is 0 Å². The molecule has 0 atom stereocenters. The fraction of sp³-hybridized carbons (Fsp3) is 0.963. The molecule has 0 aliphatic carbocycles. The van der Waals surface area contributed by atoms with Crippen LogP contribution in [0.25, 0.3) is 0 Å². The van der Waals surface area contributed by atoms with Gasteiger partial charge in [-0.05, 0) is 30.8 Å². The van der Waals surface area contributed by atoms with Gasteiger partial charge in [0.1, 0.15) is 0 Å². The van der Waals surface area contributed by atoms with Crippen molar-refractivity contribution in [3.8, 4) is 0 Å². The maximum Gasteiger partial charge on any atom is 0.303 e. The maximum absolute atomic E-state index is 10.4. The van der Waals surface area contributed by atoms with Gasteiger partial charge in [0.25, 0.3) is 0 Å². The molecule has 0 aromatic heterocycles. The highest BCUT2D eigenvalue weighted by atomic mass is 32.2. The molecule has 3 heteroatoms. The fourth-order valence-electron chi connectivity index (χ4n) is 4.04. The van der Waals surface area contributed by atoms with Crippen molar-refractivity contribution in [1.29, 1.82) is 0 Å². The van der Waals surface area contributed by atoms with Gasteiger partial charge >= 0.3 is 5.97 Å². The molecular formula is C27H54O2S. The molecular weight excluding hydrogens is 388 g/mol. The predicted octanol–water partition coefficient (Wildman–Crippen LogP) is 9.80. The number of hydrogen-bond acceptors (Lipinski definition) is 2. The normalized spacial score (nSPS) is 11.2. The number of carbonyl (C=O) groups is 1. The van der Waals surface area contributed by atoms with Crippen LogP contribution in [0.3, 0.4) is 0 Å². The van der Waals surface area contributed by atoms with E-state index in [4.69, 9.17) is 5.11 Å². The molecule has 0 bridgehead atoms. The largest absolute Gasteiger partial charge is 0.481 e. The molecule has 30 heavy (non-hydrogen) atoms. The van der Waals surface area contributed by atoms with Crippen LogP contribution in [-0.2, 0) is 4.79 Å². The van der Waals surface area contributed by atoms with Crippen molar-refractivity contribution in [2.75, 3.05) is 11.5 Å². The lowest BCUT2D eigenvalue weighted by Gasteiger charge is -2.04. The van der Waals surface area contributed by atoms with Crippen molar-refractivity contribution >= 4 is 17.7 Å². The number of unbranched alkanes of at least 4 members (excludes halogenated alkanes) is 20. The third kappa shape index (κ3) is 27.8. The lowest BCUT2D eigenvalue weighted by Crippen LogP contribution is -1.93. The van der Waals surface area contributed by atoms with Crippen LogP contribution < -0.4 is 0 Å². The van der Waals surface area contributed by atoms with Gasteiger partial charge in [-0.25, -0.2) is 0 Å². The summed E-state index contributed by atoms with van der Waals surface area (Å²) in [6.45, 7) is 2.29. The topological polar surface area (TPSA) is 37.3 Å². The monoisotopic (exact) mass is 442 g/mol. The third-order valence-corrected chi connectivity index (χ3v) is 7.23. The van der Waals surface area contributed by atoms with E-state index in [9.17, 15) is 4.79 Å².